The number of benzene rings is 1. The van der Waals surface area contributed by atoms with Gasteiger partial charge >= 0.3 is 5.97 Å². The Morgan fingerprint density at radius 3 is 2.82 bits per heavy atom. The summed E-state index contributed by atoms with van der Waals surface area (Å²) in [6.07, 6.45) is 0. The topological polar surface area (TPSA) is 38.3 Å². The zero-order valence-corrected chi connectivity index (χ0v) is 10.3. The number of para-hydroxylation sites is 1. The van der Waals surface area contributed by atoms with Crippen LogP contribution in [0.4, 0.5) is 5.69 Å². The largest absolute Gasteiger partial charge is 0.465 e. The molecule has 0 unspecified atom stereocenters. The summed E-state index contributed by atoms with van der Waals surface area (Å²) < 4.78 is 4.74. The van der Waals surface area contributed by atoms with Gasteiger partial charge in [-0.25, -0.2) is 4.79 Å². The minimum Gasteiger partial charge on any atom is -0.465 e. The van der Waals surface area contributed by atoms with Crippen molar-refractivity contribution >= 4 is 23.0 Å². The van der Waals surface area contributed by atoms with Gasteiger partial charge in [0.15, 0.2) is 0 Å². The Balaban J connectivity index is 2.12. The first-order valence-corrected chi connectivity index (χ1v) is 6.13. The molecule has 0 atom stereocenters. The molecule has 0 aliphatic rings. The van der Waals surface area contributed by atoms with Gasteiger partial charge in [-0.1, -0.05) is 18.2 Å². The monoisotopic (exact) mass is 247 g/mol. The van der Waals surface area contributed by atoms with Crippen molar-refractivity contribution in [2.24, 2.45) is 0 Å². The molecule has 0 saturated carbocycles. The highest BCUT2D eigenvalue weighted by Gasteiger charge is 2.10. The van der Waals surface area contributed by atoms with Crippen LogP contribution < -0.4 is 5.32 Å². The van der Waals surface area contributed by atoms with Crippen LogP contribution in [0.3, 0.4) is 0 Å². The second-order valence-corrected chi connectivity index (χ2v) is 4.50. The third kappa shape index (κ3) is 2.85. The van der Waals surface area contributed by atoms with Crippen molar-refractivity contribution in [2.45, 2.75) is 6.54 Å². The summed E-state index contributed by atoms with van der Waals surface area (Å²) in [4.78, 5) is 12.8. The number of carbonyl (C=O) groups is 1. The summed E-state index contributed by atoms with van der Waals surface area (Å²) >= 11 is 1.68. The molecule has 0 fully saturated rings. The van der Waals surface area contributed by atoms with E-state index in [2.05, 4.69) is 11.4 Å². The predicted molar refractivity (Wildman–Crippen MR) is 69.4 cm³/mol. The Labute approximate surface area is 104 Å². The highest BCUT2D eigenvalue weighted by atomic mass is 32.1. The van der Waals surface area contributed by atoms with Gasteiger partial charge in [0.05, 0.1) is 12.7 Å². The van der Waals surface area contributed by atoms with Crippen molar-refractivity contribution in [3.8, 4) is 0 Å². The van der Waals surface area contributed by atoms with Crippen LogP contribution in [-0.2, 0) is 11.3 Å². The van der Waals surface area contributed by atoms with Gasteiger partial charge in [0, 0.05) is 17.1 Å². The first-order valence-electron chi connectivity index (χ1n) is 5.25. The van der Waals surface area contributed by atoms with Crippen LogP contribution >= 0.6 is 11.3 Å². The highest BCUT2D eigenvalue weighted by Crippen LogP contribution is 2.18. The Morgan fingerprint density at radius 2 is 2.12 bits per heavy atom. The Morgan fingerprint density at radius 1 is 1.29 bits per heavy atom. The number of carbonyl (C=O) groups excluding carboxylic acids is 1. The molecule has 3 nitrogen and oxygen atoms in total. The summed E-state index contributed by atoms with van der Waals surface area (Å²) in [6.45, 7) is 0.714. The minimum atomic E-state index is -0.320. The van der Waals surface area contributed by atoms with Crippen LogP contribution in [0.15, 0.2) is 41.8 Å². The van der Waals surface area contributed by atoms with Gasteiger partial charge in [-0.15, -0.1) is 11.3 Å². The molecule has 4 heteroatoms. The first-order chi connectivity index (χ1) is 8.31. The van der Waals surface area contributed by atoms with E-state index in [1.165, 1.54) is 12.0 Å². The quantitative estimate of drug-likeness (QED) is 0.843. The summed E-state index contributed by atoms with van der Waals surface area (Å²) in [7, 11) is 1.39. The average Bonchev–Trinajstić information content (AvgIpc) is 2.89. The molecule has 0 amide bonds. The highest BCUT2D eigenvalue weighted by molar-refractivity contribution is 7.09. The molecule has 0 radical (unpaired) electrons. The fourth-order valence-electron chi connectivity index (χ4n) is 1.52. The molecule has 17 heavy (non-hydrogen) atoms. The van der Waals surface area contributed by atoms with E-state index in [0.717, 1.165) is 5.69 Å². The normalized spacial score (nSPS) is 9.94. The molecular formula is C13H13NO2S. The molecule has 1 aromatic heterocycles. The molecule has 1 N–H and O–H groups in total. The van der Waals surface area contributed by atoms with E-state index in [1.807, 2.05) is 29.6 Å². The van der Waals surface area contributed by atoms with E-state index in [9.17, 15) is 4.79 Å². The molecule has 2 aromatic rings. The summed E-state index contributed by atoms with van der Waals surface area (Å²) in [5, 5.41) is 5.27. The number of esters is 1. The fraction of sp³-hybridized carbons (Fsp3) is 0.154. The predicted octanol–water partition coefficient (Wildman–Crippen LogP) is 3.15. The number of ether oxygens (including phenoxy) is 1. The van der Waals surface area contributed by atoms with Crippen LogP contribution in [0.5, 0.6) is 0 Å². The van der Waals surface area contributed by atoms with Crippen molar-refractivity contribution in [1.82, 2.24) is 0 Å². The van der Waals surface area contributed by atoms with Gasteiger partial charge in [-0.2, -0.15) is 0 Å². The number of nitrogens with one attached hydrogen (secondary N) is 1. The average molecular weight is 247 g/mol. The lowest BCUT2D eigenvalue weighted by molar-refractivity contribution is 0.0602. The van der Waals surface area contributed by atoms with Crippen molar-refractivity contribution in [3.63, 3.8) is 0 Å². The van der Waals surface area contributed by atoms with Crippen molar-refractivity contribution < 1.29 is 9.53 Å². The van der Waals surface area contributed by atoms with Crippen LogP contribution in [0.1, 0.15) is 15.2 Å². The number of anilines is 1. The lowest BCUT2D eigenvalue weighted by Gasteiger charge is -2.09. The van der Waals surface area contributed by atoms with Gasteiger partial charge in [-0.05, 0) is 23.6 Å². The smallest absolute Gasteiger partial charge is 0.339 e. The molecule has 0 saturated heterocycles. The molecular weight excluding hydrogens is 234 g/mol. The number of rotatable bonds is 4. The van der Waals surface area contributed by atoms with Gasteiger partial charge < -0.3 is 10.1 Å². The molecule has 1 heterocycles. The third-order valence-electron chi connectivity index (χ3n) is 2.37. The minimum absolute atomic E-state index is 0.320. The standard InChI is InChI=1S/C13H13NO2S/c1-16-13(15)11-6-2-3-7-12(11)14-9-10-5-4-8-17-10/h2-8,14H,9H2,1H3. The van der Waals surface area contributed by atoms with Crippen LogP contribution in [0.25, 0.3) is 0 Å². The second kappa shape index (κ2) is 5.50. The van der Waals surface area contributed by atoms with E-state index < -0.39 is 0 Å². The summed E-state index contributed by atoms with van der Waals surface area (Å²) in [5.41, 5.74) is 1.36. The van der Waals surface area contributed by atoms with Crippen molar-refractivity contribution in [1.29, 1.82) is 0 Å². The number of thiophene rings is 1. The fourth-order valence-corrected chi connectivity index (χ4v) is 2.17. The van der Waals surface area contributed by atoms with Gasteiger partial charge in [-0.3, -0.25) is 0 Å². The number of hydrogen-bond acceptors (Lipinski definition) is 4. The Kier molecular flexibility index (Phi) is 3.77. The van der Waals surface area contributed by atoms with E-state index >= 15 is 0 Å². The number of methoxy groups -OCH3 is 1. The first kappa shape index (κ1) is 11.7. The van der Waals surface area contributed by atoms with Gasteiger partial charge in [0.25, 0.3) is 0 Å². The van der Waals surface area contributed by atoms with E-state index in [1.54, 1.807) is 17.4 Å². The van der Waals surface area contributed by atoms with E-state index in [0.29, 0.717) is 12.1 Å². The maximum Gasteiger partial charge on any atom is 0.339 e. The lowest BCUT2D eigenvalue weighted by atomic mass is 10.2. The Bertz CT molecular complexity index is 494. The maximum absolute atomic E-state index is 11.5. The summed E-state index contributed by atoms with van der Waals surface area (Å²) in [6, 6.07) is 11.4. The van der Waals surface area contributed by atoms with Crippen LogP contribution in [0, 0.1) is 0 Å². The third-order valence-corrected chi connectivity index (χ3v) is 3.24. The molecule has 2 rings (SSSR count). The SMILES string of the molecule is COC(=O)c1ccccc1NCc1cccs1. The zero-order valence-electron chi connectivity index (χ0n) is 9.47. The molecule has 1 aromatic carbocycles. The van der Waals surface area contributed by atoms with Crippen LogP contribution in [-0.4, -0.2) is 13.1 Å². The van der Waals surface area contributed by atoms with Crippen molar-refractivity contribution in [2.75, 3.05) is 12.4 Å². The van der Waals surface area contributed by atoms with Crippen molar-refractivity contribution in [3.05, 3.63) is 52.2 Å². The van der Waals surface area contributed by atoms with Crippen LogP contribution in [0.2, 0.25) is 0 Å². The molecule has 88 valence electrons. The van der Waals surface area contributed by atoms with E-state index in [4.69, 9.17) is 4.74 Å². The zero-order chi connectivity index (χ0) is 12.1. The second-order valence-electron chi connectivity index (χ2n) is 3.47. The molecule has 0 bridgehead atoms. The molecule has 0 spiro atoms. The number of hydrogen-bond donors (Lipinski definition) is 1. The maximum atomic E-state index is 11.5. The molecule has 0 aliphatic heterocycles. The Hall–Kier alpha value is -1.81. The van der Waals surface area contributed by atoms with Gasteiger partial charge in [0.2, 0.25) is 0 Å². The van der Waals surface area contributed by atoms with Gasteiger partial charge in [0.1, 0.15) is 0 Å². The summed E-state index contributed by atoms with van der Waals surface area (Å²) in [5.74, 6) is -0.320. The van der Waals surface area contributed by atoms with E-state index in [-0.39, 0.29) is 5.97 Å². The lowest BCUT2D eigenvalue weighted by Crippen LogP contribution is -2.07. The molecule has 0 aliphatic carbocycles.